The summed E-state index contributed by atoms with van der Waals surface area (Å²) in [6.07, 6.45) is 0.936. The van der Waals surface area contributed by atoms with Crippen LogP contribution in [0.5, 0.6) is 5.75 Å². The number of ether oxygens (including phenoxy) is 1. The molecule has 0 saturated carbocycles. The lowest BCUT2D eigenvalue weighted by atomic mass is 10.1. The van der Waals surface area contributed by atoms with Crippen molar-refractivity contribution in [2.45, 2.75) is 26.4 Å². The van der Waals surface area contributed by atoms with Gasteiger partial charge in [-0.15, -0.1) is 0 Å². The summed E-state index contributed by atoms with van der Waals surface area (Å²) in [4.78, 5) is 12.1. The third-order valence-electron chi connectivity index (χ3n) is 4.49. The molecule has 0 aliphatic heterocycles. The van der Waals surface area contributed by atoms with Crippen molar-refractivity contribution in [2.75, 3.05) is 13.7 Å². The first-order valence-corrected chi connectivity index (χ1v) is 9.34. The lowest BCUT2D eigenvalue weighted by Gasteiger charge is -2.09. The molecule has 4 nitrogen and oxygen atoms in total. The van der Waals surface area contributed by atoms with E-state index >= 15 is 0 Å². The van der Waals surface area contributed by atoms with E-state index in [4.69, 9.17) is 4.74 Å². The first-order valence-electron chi connectivity index (χ1n) is 9.34. The number of hydrogen-bond acceptors (Lipinski definition) is 3. The lowest BCUT2D eigenvalue weighted by Crippen LogP contribution is -2.24. The first-order chi connectivity index (χ1) is 13.2. The molecule has 0 aromatic heterocycles. The van der Waals surface area contributed by atoms with E-state index in [2.05, 4.69) is 34.9 Å². The molecule has 3 rings (SSSR count). The van der Waals surface area contributed by atoms with Crippen molar-refractivity contribution >= 4 is 16.7 Å². The highest BCUT2D eigenvalue weighted by molar-refractivity contribution is 5.94. The minimum Gasteiger partial charge on any atom is -0.497 e. The van der Waals surface area contributed by atoms with Gasteiger partial charge in [0.1, 0.15) is 5.75 Å². The second-order valence-corrected chi connectivity index (χ2v) is 6.61. The maximum absolute atomic E-state index is 12.1. The average Bonchev–Trinajstić information content (AvgIpc) is 2.71. The summed E-state index contributed by atoms with van der Waals surface area (Å²) in [5.74, 6) is 0.861. The minimum atomic E-state index is -0.0105. The predicted octanol–water partition coefficient (Wildman–Crippen LogP) is 4.28. The van der Waals surface area contributed by atoms with Gasteiger partial charge in [-0.2, -0.15) is 0 Å². The quantitative estimate of drug-likeness (QED) is 0.629. The van der Waals surface area contributed by atoms with Crippen LogP contribution >= 0.6 is 0 Å². The third-order valence-corrected chi connectivity index (χ3v) is 4.49. The molecule has 0 heterocycles. The van der Waals surface area contributed by atoms with Crippen molar-refractivity contribution < 1.29 is 9.53 Å². The number of methoxy groups -OCH3 is 1. The number of benzene rings is 3. The van der Waals surface area contributed by atoms with Gasteiger partial charge in [0.15, 0.2) is 0 Å². The maximum atomic E-state index is 12.1. The van der Waals surface area contributed by atoms with Crippen LogP contribution in [0.2, 0.25) is 0 Å². The fourth-order valence-electron chi connectivity index (χ4n) is 3.02. The zero-order valence-electron chi connectivity index (χ0n) is 15.9. The topological polar surface area (TPSA) is 50.4 Å². The molecule has 27 heavy (non-hydrogen) atoms. The van der Waals surface area contributed by atoms with Crippen molar-refractivity contribution in [1.82, 2.24) is 10.6 Å². The monoisotopic (exact) mass is 362 g/mol. The maximum Gasteiger partial charge on any atom is 0.251 e. The molecule has 0 spiro atoms. The van der Waals surface area contributed by atoms with E-state index in [1.165, 1.54) is 16.3 Å². The fourth-order valence-corrected chi connectivity index (χ4v) is 3.02. The summed E-state index contributed by atoms with van der Waals surface area (Å²) in [6, 6.07) is 20.3. The Morgan fingerprint density at radius 3 is 2.44 bits per heavy atom. The molecule has 3 aromatic carbocycles. The van der Waals surface area contributed by atoms with Crippen LogP contribution in [-0.2, 0) is 13.1 Å². The SMILES string of the molecule is CCCNC(=O)c1cccc(CNCc2ccc3cc(OC)ccc3c2)c1. The van der Waals surface area contributed by atoms with E-state index in [1.54, 1.807) is 7.11 Å². The van der Waals surface area contributed by atoms with Gasteiger partial charge in [0.25, 0.3) is 5.91 Å². The summed E-state index contributed by atoms with van der Waals surface area (Å²) in [6.45, 7) is 4.24. The smallest absolute Gasteiger partial charge is 0.251 e. The van der Waals surface area contributed by atoms with Crippen LogP contribution in [0.4, 0.5) is 0 Å². The third kappa shape index (κ3) is 5.08. The van der Waals surface area contributed by atoms with Crippen LogP contribution in [-0.4, -0.2) is 19.6 Å². The molecule has 0 radical (unpaired) electrons. The summed E-state index contributed by atoms with van der Waals surface area (Å²) < 4.78 is 5.27. The molecule has 0 fully saturated rings. The molecule has 1 amide bonds. The minimum absolute atomic E-state index is 0.0105. The van der Waals surface area contributed by atoms with Crippen LogP contribution in [0.3, 0.4) is 0 Å². The zero-order valence-corrected chi connectivity index (χ0v) is 15.9. The highest BCUT2D eigenvalue weighted by atomic mass is 16.5. The second kappa shape index (κ2) is 9.19. The van der Waals surface area contributed by atoms with Crippen LogP contribution in [0.1, 0.15) is 34.8 Å². The summed E-state index contributed by atoms with van der Waals surface area (Å²) in [5, 5.41) is 8.74. The van der Waals surface area contributed by atoms with E-state index in [-0.39, 0.29) is 5.91 Å². The highest BCUT2D eigenvalue weighted by Crippen LogP contribution is 2.21. The Hall–Kier alpha value is -2.85. The summed E-state index contributed by atoms with van der Waals surface area (Å²) >= 11 is 0. The van der Waals surface area contributed by atoms with E-state index < -0.39 is 0 Å². The van der Waals surface area contributed by atoms with Crippen LogP contribution in [0.15, 0.2) is 60.7 Å². The molecule has 0 aliphatic carbocycles. The molecule has 0 saturated heterocycles. The van der Waals surface area contributed by atoms with E-state index in [1.807, 2.05) is 43.3 Å². The fraction of sp³-hybridized carbons (Fsp3) is 0.261. The number of nitrogens with one attached hydrogen (secondary N) is 2. The second-order valence-electron chi connectivity index (χ2n) is 6.61. The first kappa shape index (κ1) is 18.9. The van der Waals surface area contributed by atoms with Gasteiger partial charge in [0.05, 0.1) is 7.11 Å². The number of amides is 1. The molecule has 0 bridgehead atoms. The number of fused-ring (bicyclic) bond motifs is 1. The molecular formula is C23H26N2O2. The Kier molecular flexibility index (Phi) is 6.44. The Balaban J connectivity index is 1.59. The Morgan fingerprint density at radius 1 is 0.926 bits per heavy atom. The van der Waals surface area contributed by atoms with Gasteiger partial charge < -0.3 is 15.4 Å². The summed E-state index contributed by atoms with van der Waals surface area (Å²) in [5.41, 5.74) is 3.04. The van der Waals surface area contributed by atoms with E-state index in [0.717, 1.165) is 30.8 Å². The Bertz CT molecular complexity index is 921. The molecule has 2 N–H and O–H groups in total. The standard InChI is InChI=1S/C23H26N2O2/c1-3-11-25-23(26)21-6-4-5-17(13-21)15-24-16-18-7-8-20-14-22(27-2)10-9-19(20)12-18/h4-10,12-14,24H,3,11,15-16H2,1-2H3,(H,25,26). The van der Waals surface area contributed by atoms with Crippen molar-refractivity contribution in [1.29, 1.82) is 0 Å². The number of carbonyl (C=O) groups excluding carboxylic acids is 1. The molecule has 140 valence electrons. The zero-order chi connectivity index (χ0) is 19.1. The van der Waals surface area contributed by atoms with Crippen LogP contribution in [0, 0.1) is 0 Å². The van der Waals surface area contributed by atoms with E-state index in [0.29, 0.717) is 12.1 Å². The largest absolute Gasteiger partial charge is 0.497 e. The van der Waals surface area contributed by atoms with Crippen molar-refractivity contribution in [3.05, 3.63) is 77.4 Å². The molecule has 4 heteroatoms. The predicted molar refractivity (Wildman–Crippen MR) is 110 cm³/mol. The molecule has 3 aromatic rings. The molecule has 0 aliphatic rings. The normalized spacial score (nSPS) is 10.7. The Morgan fingerprint density at radius 2 is 1.67 bits per heavy atom. The molecular weight excluding hydrogens is 336 g/mol. The van der Waals surface area contributed by atoms with Gasteiger partial charge in [-0.05, 0) is 58.7 Å². The van der Waals surface area contributed by atoms with Crippen molar-refractivity contribution in [2.24, 2.45) is 0 Å². The summed E-state index contributed by atoms with van der Waals surface area (Å²) in [7, 11) is 1.68. The van der Waals surface area contributed by atoms with Gasteiger partial charge in [0, 0.05) is 25.2 Å². The molecule has 0 atom stereocenters. The van der Waals surface area contributed by atoms with Gasteiger partial charge >= 0.3 is 0 Å². The highest BCUT2D eigenvalue weighted by Gasteiger charge is 2.05. The van der Waals surface area contributed by atoms with Gasteiger partial charge in [-0.3, -0.25) is 4.79 Å². The van der Waals surface area contributed by atoms with E-state index in [9.17, 15) is 4.79 Å². The molecule has 0 unspecified atom stereocenters. The lowest BCUT2D eigenvalue weighted by molar-refractivity contribution is 0.0953. The van der Waals surface area contributed by atoms with Gasteiger partial charge in [0.2, 0.25) is 0 Å². The van der Waals surface area contributed by atoms with Crippen molar-refractivity contribution in [3.63, 3.8) is 0 Å². The van der Waals surface area contributed by atoms with Crippen molar-refractivity contribution in [3.8, 4) is 5.75 Å². The number of rotatable bonds is 8. The van der Waals surface area contributed by atoms with Crippen LogP contribution in [0.25, 0.3) is 10.8 Å². The number of hydrogen-bond donors (Lipinski definition) is 2. The van der Waals surface area contributed by atoms with Crippen LogP contribution < -0.4 is 15.4 Å². The number of carbonyl (C=O) groups is 1. The average molecular weight is 362 g/mol. The van der Waals surface area contributed by atoms with Gasteiger partial charge in [-0.1, -0.05) is 37.3 Å². The van der Waals surface area contributed by atoms with Gasteiger partial charge in [-0.25, -0.2) is 0 Å². The Labute approximate surface area is 160 Å².